The van der Waals surface area contributed by atoms with Crippen molar-refractivity contribution < 1.29 is 9.53 Å². The topological polar surface area (TPSA) is 63.2 Å². The van der Waals surface area contributed by atoms with Crippen LogP contribution in [0, 0.1) is 0 Å². The Morgan fingerprint density at radius 3 is 3.00 bits per heavy atom. The zero-order valence-corrected chi connectivity index (χ0v) is 14.0. The molecule has 20 heavy (non-hydrogen) atoms. The lowest BCUT2D eigenvalue weighted by Crippen LogP contribution is -2.40. The van der Waals surface area contributed by atoms with Gasteiger partial charge in [-0.25, -0.2) is 4.98 Å². The summed E-state index contributed by atoms with van der Waals surface area (Å²) in [6.07, 6.45) is 2.01. The van der Waals surface area contributed by atoms with E-state index < -0.39 is 0 Å². The number of ether oxygens (including phenoxy) is 1. The average Bonchev–Trinajstić information content (AvgIpc) is 3.05. The van der Waals surface area contributed by atoms with E-state index in [1.807, 2.05) is 12.3 Å². The first kappa shape index (κ1) is 19.6. The Hall–Kier alpha value is -0.400. The minimum absolute atomic E-state index is 0. The van der Waals surface area contributed by atoms with E-state index in [-0.39, 0.29) is 42.9 Å². The molecule has 1 aliphatic heterocycles. The van der Waals surface area contributed by atoms with Crippen molar-refractivity contribution in [2.75, 3.05) is 13.7 Å². The van der Waals surface area contributed by atoms with Crippen LogP contribution in [0.25, 0.3) is 0 Å². The summed E-state index contributed by atoms with van der Waals surface area (Å²) in [5.74, 6) is 0.0711. The van der Waals surface area contributed by atoms with Crippen molar-refractivity contribution in [3.63, 3.8) is 0 Å². The summed E-state index contributed by atoms with van der Waals surface area (Å²) in [6.45, 7) is 3.39. The fourth-order valence-electron chi connectivity index (χ4n) is 1.90. The van der Waals surface area contributed by atoms with E-state index >= 15 is 0 Å². The van der Waals surface area contributed by atoms with Crippen molar-refractivity contribution in [1.29, 1.82) is 0 Å². The molecule has 2 rings (SSSR count). The number of methoxy groups -OCH3 is 1. The molecule has 2 unspecified atom stereocenters. The van der Waals surface area contributed by atoms with Crippen LogP contribution < -0.4 is 10.6 Å². The highest BCUT2D eigenvalue weighted by Crippen LogP contribution is 2.20. The van der Waals surface area contributed by atoms with Gasteiger partial charge in [0, 0.05) is 12.5 Å². The predicted molar refractivity (Wildman–Crippen MR) is 84.9 cm³/mol. The number of aromatic nitrogens is 1. The number of nitrogens with zero attached hydrogens (tertiary/aromatic N) is 1. The third-order valence-electron chi connectivity index (χ3n) is 3.09. The van der Waals surface area contributed by atoms with Crippen LogP contribution >= 0.6 is 36.2 Å². The van der Waals surface area contributed by atoms with Gasteiger partial charge in [0.1, 0.15) is 11.1 Å². The van der Waals surface area contributed by atoms with E-state index in [0.717, 1.165) is 30.1 Å². The first-order valence-electron chi connectivity index (χ1n) is 6.19. The van der Waals surface area contributed by atoms with Crippen LogP contribution in [-0.4, -0.2) is 30.6 Å². The van der Waals surface area contributed by atoms with Crippen molar-refractivity contribution in [2.24, 2.45) is 0 Å². The van der Waals surface area contributed by atoms with Gasteiger partial charge in [-0.3, -0.25) is 4.79 Å². The van der Waals surface area contributed by atoms with Crippen molar-refractivity contribution in [1.82, 2.24) is 15.6 Å². The molecule has 1 fully saturated rings. The number of hydrogen-bond acceptors (Lipinski definition) is 5. The van der Waals surface area contributed by atoms with Gasteiger partial charge in [0.05, 0.1) is 18.3 Å². The SMILES string of the molecule is COC(C)c1nc(CNC(=O)C2CCCN2)cs1.Cl.Cl. The minimum atomic E-state index is -0.0268. The first-order chi connectivity index (χ1) is 8.70. The van der Waals surface area contributed by atoms with Crippen LogP contribution in [0.2, 0.25) is 0 Å². The van der Waals surface area contributed by atoms with Gasteiger partial charge in [0.2, 0.25) is 5.91 Å². The molecule has 2 heterocycles. The molecule has 1 saturated heterocycles. The summed E-state index contributed by atoms with van der Waals surface area (Å²) in [7, 11) is 1.67. The van der Waals surface area contributed by atoms with Crippen LogP contribution in [0.4, 0.5) is 0 Å². The lowest BCUT2D eigenvalue weighted by molar-refractivity contribution is -0.122. The smallest absolute Gasteiger partial charge is 0.237 e. The van der Waals surface area contributed by atoms with E-state index in [9.17, 15) is 4.79 Å². The normalized spacial score (nSPS) is 18.8. The molecule has 0 radical (unpaired) electrons. The molecular formula is C12H21Cl2N3O2S. The third kappa shape index (κ3) is 5.18. The Labute approximate surface area is 135 Å². The molecule has 0 saturated carbocycles. The van der Waals surface area contributed by atoms with Gasteiger partial charge in [-0.2, -0.15) is 0 Å². The van der Waals surface area contributed by atoms with Gasteiger partial charge in [-0.15, -0.1) is 36.2 Å². The zero-order chi connectivity index (χ0) is 13.0. The molecule has 1 aromatic heterocycles. The fraction of sp³-hybridized carbons (Fsp3) is 0.667. The van der Waals surface area contributed by atoms with E-state index in [1.165, 1.54) is 0 Å². The maximum absolute atomic E-state index is 11.8. The fourth-order valence-corrected chi connectivity index (χ4v) is 2.75. The Kier molecular flexibility index (Phi) is 9.33. The lowest BCUT2D eigenvalue weighted by atomic mass is 10.2. The molecule has 0 bridgehead atoms. The second-order valence-corrected chi connectivity index (χ2v) is 5.31. The minimum Gasteiger partial charge on any atom is -0.375 e. The van der Waals surface area contributed by atoms with E-state index in [0.29, 0.717) is 6.54 Å². The number of halogens is 2. The van der Waals surface area contributed by atoms with Crippen LogP contribution in [0.3, 0.4) is 0 Å². The number of rotatable bonds is 5. The average molecular weight is 342 g/mol. The standard InChI is InChI=1S/C12H19N3O2S.2ClH/c1-8(17-2)12-15-9(7-18-12)6-14-11(16)10-4-3-5-13-10;;/h7-8,10,13H,3-6H2,1-2H3,(H,14,16);2*1H. The van der Waals surface area contributed by atoms with Crippen molar-refractivity contribution >= 4 is 42.1 Å². The number of amides is 1. The monoisotopic (exact) mass is 341 g/mol. The van der Waals surface area contributed by atoms with Gasteiger partial charge in [-0.05, 0) is 26.3 Å². The van der Waals surface area contributed by atoms with E-state index in [4.69, 9.17) is 4.74 Å². The number of carbonyl (C=O) groups excluding carboxylic acids is 1. The molecule has 5 nitrogen and oxygen atoms in total. The first-order valence-corrected chi connectivity index (χ1v) is 7.07. The molecule has 1 amide bonds. The van der Waals surface area contributed by atoms with Crippen LogP contribution in [0.5, 0.6) is 0 Å². The molecule has 1 aliphatic rings. The molecule has 0 spiro atoms. The molecule has 2 atom stereocenters. The summed E-state index contributed by atoms with van der Waals surface area (Å²) in [6, 6.07) is -0.0268. The number of hydrogen-bond donors (Lipinski definition) is 2. The number of carbonyl (C=O) groups is 1. The van der Waals surface area contributed by atoms with Crippen LogP contribution in [-0.2, 0) is 16.1 Å². The Morgan fingerprint density at radius 1 is 1.65 bits per heavy atom. The van der Waals surface area contributed by atoms with E-state index in [1.54, 1.807) is 18.4 Å². The molecule has 8 heteroatoms. The van der Waals surface area contributed by atoms with Gasteiger partial charge >= 0.3 is 0 Å². The number of thiazole rings is 1. The highest BCUT2D eigenvalue weighted by molar-refractivity contribution is 7.09. The van der Waals surface area contributed by atoms with E-state index in [2.05, 4.69) is 15.6 Å². The lowest BCUT2D eigenvalue weighted by Gasteiger charge is -2.09. The molecule has 0 aliphatic carbocycles. The largest absolute Gasteiger partial charge is 0.375 e. The van der Waals surface area contributed by atoms with Gasteiger partial charge < -0.3 is 15.4 Å². The Morgan fingerprint density at radius 2 is 2.40 bits per heavy atom. The molecule has 2 N–H and O–H groups in total. The Bertz CT molecular complexity index is 411. The van der Waals surface area contributed by atoms with Crippen LogP contribution in [0.1, 0.15) is 36.6 Å². The number of nitrogens with one attached hydrogen (secondary N) is 2. The summed E-state index contributed by atoms with van der Waals surface area (Å²) in [5, 5.41) is 9.00. The molecule has 1 aromatic rings. The maximum atomic E-state index is 11.8. The van der Waals surface area contributed by atoms with Gasteiger partial charge in [0.25, 0.3) is 0 Å². The quantitative estimate of drug-likeness (QED) is 0.860. The second-order valence-electron chi connectivity index (χ2n) is 4.42. The molecular weight excluding hydrogens is 321 g/mol. The highest BCUT2D eigenvalue weighted by atomic mass is 35.5. The van der Waals surface area contributed by atoms with Crippen LogP contribution in [0.15, 0.2) is 5.38 Å². The Balaban J connectivity index is 0.00000180. The highest BCUT2D eigenvalue weighted by Gasteiger charge is 2.21. The summed E-state index contributed by atoms with van der Waals surface area (Å²) < 4.78 is 5.21. The summed E-state index contributed by atoms with van der Waals surface area (Å²) in [4.78, 5) is 16.2. The molecule has 0 aromatic carbocycles. The van der Waals surface area contributed by atoms with Crippen molar-refractivity contribution in [3.05, 3.63) is 16.1 Å². The zero-order valence-electron chi connectivity index (χ0n) is 11.5. The summed E-state index contributed by atoms with van der Waals surface area (Å²) in [5.41, 5.74) is 0.894. The van der Waals surface area contributed by atoms with Crippen molar-refractivity contribution in [2.45, 2.75) is 38.5 Å². The third-order valence-corrected chi connectivity index (χ3v) is 4.15. The second kappa shape index (κ2) is 9.52. The van der Waals surface area contributed by atoms with Gasteiger partial charge in [0.15, 0.2) is 0 Å². The summed E-state index contributed by atoms with van der Waals surface area (Å²) >= 11 is 1.56. The molecule has 116 valence electrons. The predicted octanol–water partition coefficient (Wildman–Crippen LogP) is 2.06. The van der Waals surface area contributed by atoms with Crippen molar-refractivity contribution in [3.8, 4) is 0 Å². The van der Waals surface area contributed by atoms with Gasteiger partial charge in [-0.1, -0.05) is 0 Å². The maximum Gasteiger partial charge on any atom is 0.237 e.